The zero-order valence-electron chi connectivity index (χ0n) is 15.2. The van der Waals surface area contributed by atoms with Crippen molar-refractivity contribution in [2.75, 3.05) is 6.61 Å². The Balaban J connectivity index is 1.90. The molecule has 0 spiro atoms. The van der Waals surface area contributed by atoms with Gasteiger partial charge in [0, 0.05) is 10.9 Å². The van der Waals surface area contributed by atoms with Crippen LogP contribution in [-0.4, -0.2) is 29.0 Å². The Labute approximate surface area is 166 Å². The highest BCUT2D eigenvalue weighted by Crippen LogP contribution is 2.32. The van der Waals surface area contributed by atoms with Crippen molar-refractivity contribution < 1.29 is 14.3 Å². The molecule has 2 heterocycles. The fourth-order valence-electron chi connectivity index (χ4n) is 2.59. The van der Waals surface area contributed by atoms with Crippen LogP contribution in [0.4, 0.5) is 0 Å². The van der Waals surface area contributed by atoms with Crippen LogP contribution in [0, 0.1) is 0 Å². The van der Waals surface area contributed by atoms with Gasteiger partial charge in [-0.25, -0.2) is 9.78 Å². The molecule has 0 unspecified atom stereocenters. The van der Waals surface area contributed by atoms with Crippen LogP contribution in [0.5, 0.6) is 0 Å². The molecule has 0 bridgehead atoms. The van der Waals surface area contributed by atoms with E-state index in [0.717, 1.165) is 4.88 Å². The zero-order chi connectivity index (χ0) is 19.6. The Hall–Kier alpha value is -2.44. The van der Waals surface area contributed by atoms with E-state index in [1.165, 1.54) is 11.3 Å². The SMILES string of the molecule is CC(C)(C)NC(=O)COC(=O)c1cc(-c2ccc(Cl)s2)nc2ccccc12. The van der Waals surface area contributed by atoms with Crippen LogP contribution in [0.3, 0.4) is 0 Å². The highest BCUT2D eigenvalue weighted by Gasteiger charge is 2.19. The molecule has 0 aliphatic rings. The lowest BCUT2D eigenvalue weighted by molar-refractivity contribution is -0.125. The number of para-hydroxylation sites is 1. The molecular formula is C20H19ClN2O3S. The van der Waals surface area contributed by atoms with Crippen molar-refractivity contribution in [1.82, 2.24) is 10.3 Å². The van der Waals surface area contributed by atoms with Gasteiger partial charge in [0.15, 0.2) is 6.61 Å². The summed E-state index contributed by atoms with van der Waals surface area (Å²) in [4.78, 5) is 30.1. The molecule has 3 rings (SSSR count). The van der Waals surface area contributed by atoms with Gasteiger partial charge in [-0.15, -0.1) is 11.3 Å². The first-order valence-corrected chi connectivity index (χ1v) is 9.56. The monoisotopic (exact) mass is 402 g/mol. The molecule has 7 heteroatoms. The topological polar surface area (TPSA) is 68.3 Å². The van der Waals surface area contributed by atoms with Crippen LogP contribution in [0.1, 0.15) is 31.1 Å². The molecule has 0 aliphatic heterocycles. The summed E-state index contributed by atoms with van der Waals surface area (Å²) >= 11 is 7.40. The summed E-state index contributed by atoms with van der Waals surface area (Å²) < 4.78 is 5.88. The molecule has 140 valence electrons. The molecule has 27 heavy (non-hydrogen) atoms. The number of esters is 1. The molecule has 3 aromatic rings. The van der Waals surface area contributed by atoms with Gasteiger partial charge in [-0.05, 0) is 45.0 Å². The number of rotatable bonds is 4. The molecule has 0 aliphatic carbocycles. The Bertz CT molecular complexity index is 1010. The Kier molecular flexibility index (Phi) is 5.48. The summed E-state index contributed by atoms with van der Waals surface area (Å²) in [6, 6.07) is 12.6. The van der Waals surface area contributed by atoms with Crippen LogP contribution >= 0.6 is 22.9 Å². The summed E-state index contributed by atoms with van der Waals surface area (Å²) in [7, 11) is 0. The zero-order valence-corrected chi connectivity index (χ0v) is 16.8. The lowest BCUT2D eigenvalue weighted by Gasteiger charge is -2.20. The molecule has 0 atom stereocenters. The molecule has 0 saturated carbocycles. The van der Waals surface area contributed by atoms with E-state index >= 15 is 0 Å². The van der Waals surface area contributed by atoms with E-state index in [1.807, 2.05) is 45.0 Å². The van der Waals surface area contributed by atoms with Gasteiger partial charge >= 0.3 is 5.97 Å². The van der Waals surface area contributed by atoms with Gasteiger partial charge in [0.1, 0.15) is 0 Å². The van der Waals surface area contributed by atoms with Crippen molar-refractivity contribution in [2.45, 2.75) is 26.3 Å². The number of carbonyl (C=O) groups is 2. The maximum atomic E-state index is 12.7. The number of thiophene rings is 1. The third-order valence-electron chi connectivity index (χ3n) is 3.61. The Morgan fingerprint density at radius 1 is 1.19 bits per heavy atom. The number of carbonyl (C=O) groups excluding carboxylic acids is 2. The average Bonchev–Trinajstić information content (AvgIpc) is 3.03. The van der Waals surface area contributed by atoms with Crippen molar-refractivity contribution in [3.8, 4) is 10.6 Å². The van der Waals surface area contributed by atoms with Gasteiger partial charge in [0.2, 0.25) is 0 Å². The summed E-state index contributed by atoms with van der Waals surface area (Å²) in [6.45, 7) is 5.25. The lowest BCUT2D eigenvalue weighted by atomic mass is 10.1. The molecule has 2 aromatic heterocycles. The molecule has 0 radical (unpaired) electrons. The van der Waals surface area contributed by atoms with Gasteiger partial charge in [-0.2, -0.15) is 0 Å². The van der Waals surface area contributed by atoms with Crippen LogP contribution < -0.4 is 5.32 Å². The second kappa shape index (κ2) is 7.66. The van der Waals surface area contributed by atoms with Crippen LogP contribution in [-0.2, 0) is 9.53 Å². The number of fused-ring (bicyclic) bond motifs is 1. The summed E-state index contributed by atoms with van der Waals surface area (Å²) in [5, 5.41) is 3.43. The van der Waals surface area contributed by atoms with Gasteiger partial charge in [-0.1, -0.05) is 29.8 Å². The second-order valence-electron chi connectivity index (χ2n) is 7.05. The van der Waals surface area contributed by atoms with Gasteiger partial charge in [0.25, 0.3) is 5.91 Å². The fourth-order valence-corrected chi connectivity index (χ4v) is 3.59. The van der Waals surface area contributed by atoms with E-state index in [2.05, 4.69) is 10.3 Å². The number of amides is 1. The smallest absolute Gasteiger partial charge is 0.339 e. The van der Waals surface area contributed by atoms with E-state index in [0.29, 0.717) is 26.5 Å². The largest absolute Gasteiger partial charge is 0.452 e. The summed E-state index contributed by atoms with van der Waals surface area (Å²) in [5.74, 6) is -0.916. The van der Waals surface area contributed by atoms with Crippen molar-refractivity contribution in [2.24, 2.45) is 0 Å². The number of pyridine rings is 1. The van der Waals surface area contributed by atoms with E-state index in [4.69, 9.17) is 16.3 Å². The number of aromatic nitrogens is 1. The minimum Gasteiger partial charge on any atom is -0.452 e. The predicted molar refractivity (Wildman–Crippen MR) is 108 cm³/mol. The second-order valence-corrected chi connectivity index (χ2v) is 8.77. The number of nitrogens with one attached hydrogen (secondary N) is 1. The number of nitrogens with zero attached hydrogens (tertiary/aromatic N) is 1. The minimum absolute atomic E-state index is 0.340. The first-order chi connectivity index (χ1) is 12.7. The van der Waals surface area contributed by atoms with E-state index in [9.17, 15) is 9.59 Å². The molecule has 0 fully saturated rings. The fraction of sp³-hybridized carbons (Fsp3) is 0.250. The Morgan fingerprint density at radius 2 is 1.93 bits per heavy atom. The molecule has 5 nitrogen and oxygen atoms in total. The third kappa shape index (κ3) is 4.84. The highest BCUT2D eigenvalue weighted by molar-refractivity contribution is 7.19. The van der Waals surface area contributed by atoms with Crippen molar-refractivity contribution >= 4 is 45.7 Å². The molecular weight excluding hydrogens is 384 g/mol. The van der Waals surface area contributed by atoms with Gasteiger partial charge in [0.05, 0.1) is 26.0 Å². The van der Waals surface area contributed by atoms with Crippen LogP contribution in [0.2, 0.25) is 4.34 Å². The molecule has 1 N–H and O–H groups in total. The van der Waals surface area contributed by atoms with Gasteiger partial charge < -0.3 is 10.1 Å². The third-order valence-corrected chi connectivity index (χ3v) is 4.86. The van der Waals surface area contributed by atoms with Crippen LogP contribution in [0.15, 0.2) is 42.5 Å². The van der Waals surface area contributed by atoms with Gasteiger partial charge in [-0.3, -0.25) is 4.79 Å². The number of halogens is 1. The average molecular weight is 403 g/mol. The first-order valence-electron chi connectivity index (χ1n) is 8.36. The highest BCUT2D eigenvalue weighted by atomic mass is 35.5. The number of benzene rings is 1. The number of hydrogen-bond donors (Lipinski definition) is 1. The normalized spacial score (nSPS) is 11.4. The summed E-state index contributed by atoms with van der Waals surface area (Å²) in [6.07, 6.45) is 0. The van der Waals surface area contributed by atoms with Crippen LogP contribution in [0.25, 0.3) is 21.5 Å². The number of ether oxygens (including phenoxy) is 1. The number of hydrogen-bond acceptors (Lipinski definition) is 5. The van der Waals surface area contributed by atoms with Crippen molar-refractivity contribution in [3.05, 3.63) is 52.4 Å². The van der Waals surface area contributed by atoms with E-state index in [-0.39, 0.29) is 12.5 Å². The minimum atomic E-state index is -0.568. The standard InChI is InChI=1S/C20H19ClN2O3S/c1-20(2,3)23-18(24)11-26-19(25)13-10-15(16-8-9-17(21)27-16)22-14-7-5-4-6-12(13)14/h4-10H,11H2,1-3H3,(H,23,24). The lowest BCUT2D eigenvalue weighted by Crippen LogP contribution is -2.42. The van der Waals surface area contributed by atoms with E-state index in [1.54, 1.807) is 18.2 Å². The quantitative estimate of drug-likeness (QED) is 0.643. The molecule has 0 saturated heterocycles. The Morgan fingerprint density at radius 3 is 2.59 bits per heavy atom. The predicted octanol–water partition coefficient (Wildman–Crippen LogP) is 4.69. The first kappa shape index (κ1) is 19.3. The molecule has 1 amide bonds. The molecule has 1 aromatic carbocycles. The van der Waals surface area contributed by atoms with Crippen molar-refractivity contribution in [3.63, 3.8) is 0 Å². The maximum absolute atomic E-state index is 12.7. The van der Waals surface area contributed by atoms with E-state index < -0.39 is 11.5 Å². The maximum Gasteiger partial charge on any atom is 0.339 e. The van der Waals surface area contributed by atoms with Crippen molar-refractivity contribution in [1.29, 1.82) is 0 Å². The summed E-state index contributed by atoms with van der Waals surface area (Å²) in [5.41, 5.74) is 1.28.